The number of hydrogen-bond donors (Lipinski definition) is 0. The van der Waals surface area contributed by atoms with Crippen molar-refractivity contribution in [1.82, 2.24) is 14.1 Å². The summed E-state index contributed by atoms with van der Waals surface area (Å²) in [6.07, 6.45) is 1.20. The molecule has 2 aliphatic heterocycles. The lowest BCUT2D eigenvalue weighted by molar-refractivity contribution is -0.134. The van der Waals surface area contributed by atoms with Crippen molar-refractivity contribution in [2.24, 2.45) is 11.8 Å². The van der Waals surface area contributed by atoms with E-state index in [-0.39, 0.29) is 23.9 Å². The molecule has 6 nitrogen and oxygen atoms in total. The van der Waals surface area contributed by atoms with Gasteiger partial charge in [0.05, 0.1) is 11.4 Å². The maximum Gasteiger partial charge on any atom is 0.243 e. The van der Waals surface area contributed by atoms with Crippen molar-refractivity contribution in [1.29, 1.82) is 0 Å². The fourth-order valence-corrected chi connectivity index (χ4v) is 5.57. The Labute approximate surface area is 161 Å². The van der Waals surface area contributed by atoms with Gasteiger partial charge in [-0.2, -0.15) is 4.31 Å². The van der Waals surface area contributed by atoms with Gasteiger partial charge >= 0.3 is 0 Å². The lowest BCUT2D eigenvalue weighted by atomic mass is 9.92. The molecule has 1 aromatic carbocycles. The molecule has 3 rings (SSSR count). The van der Waals surface area contributed by atoms with Crippen LogP contribution in [0.5, 0.6) is 0 Å². The molecule has 0 aromatic heterocycles. The number of halogens is 1. The number of hydrogen-bond acceptors (Lipinski definition) is 4. The van der Waals surface area contributed by atoms with Crippen molar-refractivity contribution in [3.63, 3.8) is 0 Å². The molecule has 2 aliphatic rings. The predicted molar refractivity (Wildman–Crippen MR) is 101 cm³/mol. The summed E-state index contributed by atoms with van der Waals surface area (Å²) in [7, 11) is -3.65. The summed E-state index contributed by atoms with van der Waals surface area (Å²) in [6, 6.07) is 4.85. The lowest BCUT2D eigenvalue weighted by Gasteiger charge is -2.38. The van der Waals surface area contributed by atoms with Crippen LogP contribution in [0.3, 0.4) is 0 Å². The summed E-state index contributed by atoms with van der Waals surface area (Å²) in [4.78, 5) is 16.7. The number of sulfonamides is 1. The standard InChI is InChI=1S/C19H28FN3O3S/c1-15-11-16(2)13-21(12-15)14-19(24)22-7-9-23(10-8-22)27(25,26)18-5-3-17(20)4-6-18/h3-6,15-16H,7-14H2,1-2H3/t15-,16+. The lowest BCUT2D eigenvalue weighted by Crippen LogP contribution is -2.53. The third-order valence-electron chi connectivity index (χ3n) is 5.35. The fraction of sp³-hybridized carbons (Fsp3) is 0.632. The quantitative estimate of drug-likeness (QED) is 0.775. The van der Waals surface area contributed by atoms with Crippen LogP contribution in [0.25, 0.3) is 0 Å². The maximum atomic E-state index is 13.0. The molecule has 2 atom stereocenters. The van der Waals surface area contributed by atoms with E-state index in [0.717, 1.165) is 25.2 Å². The number of carbonyl (C=O) groups is 1. The topological polar surface area (TPSA) is 60.9 Å². The highest BCUT2D eigenvalue weighted by molar-refractivity contribution is 7.89. The smallest absolute Gasteiger partial charge is 0.243 e. The van der Waals surface area contributed by atoms with Crippen LogP contribution in [0.2, 0.25) is 0 Å². The van der Waals surface area contributed by atoms with Crippen molar-refractivity contribution < 1.29 is 17.6 Å². The van der Waals surface area contributed by atoms with Crippen molar-refractivity contribution >= 4 is 15.9 Å². The van der Waals surface area contributed by atoms with Gasteiger partial charge in [0.25, 0.3) is 0 Å². The first-order chi connectivity index (χ1) is 12.8. The maximum absolute atomic E-state index is 13.0. The Hall–Kier alpha value is -1.51. The molecular weight excluding hydrogens is 369 g/mol. The molecular formula is C19H28FN3O3S. The van der Waals surface area contributed by atoms with Crippen LogP contribution in [0.1, 0.15) is 20.3 Å². The minimum Gasteiger partial charge on any atom is -0.339 e. The molecule has 0 radical (unpaired) electrons. The highest BCUT2D eigenvalue weighted by Crippen LogP contribution is 2.21. The molecule has 1 amide bonds. The minimum atomic E-state index is -3.65. The number of carbonyl (C=O) groups excluding carboxylic acids is 1. The number of benzene rings is 1. The molecule has 2 heterocycles. The fourth-order valence-electron chi connectivity index (χ4n) is 4.15. The number of piperidine rings is 1. The number of amides is 1. The zero-order valence-electron chi connectivity index (χ0n) is 16.0. The zero-order chi connectivity index (χ0) is 19.6. The van der Waals surface area contributed by atoms with E-state index in [1.165, 1.54) is 22.9 Å². The molecule has 1 aromatic rings. The number of nitrogens with zero attached hydrogens (tertiary/aromatic N) is 3. The second-order valence-corrected chi connectivity index (χ2v) is 9.82. The Morgan fingerprint density at radius 3 is 2.15 bits per heavy atom. The van der Waals surface area contributed by atoms with Crippen molar-refractivity contribution in [2.45, 2.75) is 25.2 Å². The zero-order valence-corrected chi connectivity index (χ0v) is 16.8. The van der Waals surface area contributed by atoms with E-state index < -0.39 is 15.8 Å². The summed E-state index contributed by atoms with van der Waals surface area (Å²) in [5, 5.41) is 0. The van der Waals surface area contributed by atoms with E-state index in [0.29, 0.717) is 31.5 Å². The average molecular weight is 398 g/mol. The third kappa shape index (κ3) is 4.86. The molecule has 0 unspecified atom stereocenters. The third-order valence-corrected chi connectivity index (χ3v) is 7.26. The van der Waals surface area contributed by atoms with Gasteiger partial charge in [-0.1, -0.05) is 13.8 Å². The monoisotopic (exact) mass is 397 g/mol. The second kappa shape index (κ2) is 8.24. The van der Waals surface area contributed by atoms with Crippen LogP contribution in [0.15, 0.2) is 29.2 Å². The van der Waals surface area contributed by atoms with Crippen LogP contribution in [0.4, 0.5) is 4.39 Å². The minimum absolute atomic E-state index is 0.0649. The molecule has 150 valence electrons. The van der Waals surface area contributed by atoms with E-state index in [1.807, 2.05) is 0 Å². The average Bonchev–Trinajstić information content (AvgIpc) is 2.61. The van der Waals surface area contributed by atoms with Gasteiger partial charge in [-0.15, -0.1) is 0 Å². The van der Waals surface area contributed by atoms with Crippen LogP contribution in [-0.4, -0.2) is 74.2 Å². The molecule has 27 heavy (non-hydrogen) atoms. The summed E-state index contributed by atoms with van der Waals surface area (Å²) >= 11 is 0. The Bertz CT molecular complexity index is 751. The van der Waals surface area contributed by atoms with E-state index in [4.69, 9.17) is 0 Å². The highest BCUT2D eigenvalue weighted by atomic mass is 32.2. The first-order valence-corrected chi connectivity index (χ1v) is 11.0. The van der Waals surface area contributed by atoms with Crippen LogP contribution in [-0.2, 0) is 14.8 Å². The number of rotatable bonds is 4. The van der Waals surface area contributed by atoms with Gasteiger partial charge in [0.1, 0.15) is 5.82 Å². The van der Waals surface area contributed by atoms with Gasteiger partial charge < -0.3 is 4.90 Å². The van der Waals surface area contributed by atoms with E-state index in [9.17, 15) is 17.6 Å². The summed E-state index contributed by atoms with van der Waals surface area (Å²) in [5.41, 5.74) is 0. The second-order valence-electron chi connectivity index (χ2n) is 7.88. The first kappa shape index (κ1) is 20.2. The molecule has 2 fully saturated rings. The van der Waals surface area contributed by atoms with Gasteiger partial charge in [0.2, 0.25) is 15.9 Å². The van der Waals surface area contributed by atoms with Crippen molar-refractivity contribution in [3.8, 4) is 0 Å². The first-order valence-electron chi connectivity index (χ1n) is 9.51. The molecule has 0 N–H and O–H groups in total. The predicted octanol–water partition coefficient (Wildman–Crippen LogP) is 1.64. The summed E-state index contributed by atoms with van der Waals surface area (Å²) < 4.78 is 39.7. The Morgan fingerprint density at radius 2 is 1.59 bits per heavy atom. The number of likely N-dealkylation sites (tertiary alicyclic amines) is 1. The van der Waals surface area contributed by atoms with Gasteiger partial charge in [0.15, 0.2) is 0 Å². The number of piperazine rings is 1. The molecule has 0 aliphatic carbocycles. The molecule has 0 saturated carbocycles. The van der Waals surface area contributed by atoms with Gasteiger partial charge in [-0.05, 0) is 42.5 Å². The summed E-state index contributed by atoms with van der Waals surface area (Å²) in [6.45, 7) is 8.01. The normalized spacial score (nSPS) is 25.5. The molecule has 0 spiro atoms. The molecule has 0 bridgehead atoms. The van der Waals surface area contributed by atoms with Crippen LogP contribution < -0.4 is 0 Å². The van der Waals surface area contributed by atoms with Gasteiger partial charge in [-0.25, -0.2) is 12.8 Å². The largest absolute Gasteiger partial charge is 0.339 e. The Kier molecular flexibility index (Phi) is 6.18. The van der Waals surface area contributed by atoms with Crippen molar-refractivity contribution in [2.75, 3.05) is 45.8 Å². The SMILES string of the molecule is C[C@@H]1C[C@H](C)CN(CC(=O)N2CCN(S(=O)(=O)c3ccc(F)cc3)CC2)C1. The van der Waals surface area contributed by atoms with Crippen LogP contribution >= 0.6 is 0 Å². The van der Waals surface area contributed by atoms with Crippen LogP contribution in [0, 0.1) is 17.7 Å². The molecule has 2 saturated heterocycles. The van der Waals surface area contributed by atoms with E-state index in [1.54, 1.807) is 4.90 Å². The highest BCUT2D eigenvalue weighted by Gasteiger charge is 2.31. The van der Waals surface area contributed by atoms with Gasteiger partial charge in [-0.3, -0.25) is 9.69 Å². The summed E-state index contributed by atoms with van der Waals surface area (Å²) in [5.74, 6) is 0.791. The van der Waals surface area contributed by atoms with E-state index in [2.05, 4.69) is 18.7 Å². The molecule has 8 heteroatoms. The Morgan fingerprint density at radius 1 is 1.04 bits per heavy atom. The van der Waals surface area contributed by atoms with Gasteiger partial charge in [0, 0.05) is 39.3 Å². The Balaban J connectivity index is 1.55. The van der Waals surface area contributed by atoms with Crippen molar-refractivity contribution in [3.05, 3.63) is 30.1 Å². The van der Waals surface area contributed by atoms with E-state index >= 15 is 0 Å².